The van der Waals surface area contributed by atoms with Crippen LogP contribution in [0.15, 0.2) is 59.9 Å². The molecule has 0 saturated carbocycles. The summed E-state index contributed by atoms with van der Waals surface area (Å²) in [6, 6.07) is 12.4. The lowest BCUT2D eigenvalue weighted by Gasteiger charge is -2.26. The van der Waals surface area contributed by atoms with E-state index in [0.29, 0.717) is 0 Å². The van der Waals surface area contributed by atoms with Crippen LogP contribution in [0.3, 0.4) is 0 Å². The van der Waals surface area contributed by atoms with Crippen LogP contribution in [-0.4, -0.2) is 33.6 Å². The minimum Gasteiger partial charge on any atom is -0.352 e. The minimum atomic E-state index is -0.244. The summed E-state index contributed by atoms with van der Waals surface area (Å²) in [5.74, 6) is 1.33. The number of rotatable bonds is 4. The van der Waals surface area contributed by atoms with E-state index in [1.54, 1.807) is 30.9 Å². The van der Waals surface area contributed by atoms with Gasteiger partial charge in [-0.25, -0.2) is 9.37 Å². The van der Waals surface area contributed by atoms with Crippen LogP contribution < -0.4 is 10.2 Å². The first-order valence-corrected chi connectivity index (χ1v) is 9.66. The Morgan fingerprint density at radius 3 is 2.87 bits per heavy atom. The van der Waals surface area contributed by atoms with Crippen molar-refractivity contribution in [3.8, 4) is 0 Å². The van der Waals surface area contributed by atoms with E-state index in [1.807, 2.05) is 43.1 Å². The molecule has 2 atom stereocenters. The SMILES string of the molecule is C[C@H](c1cccc(F)c1)N(C)c1cnc2cc(C3N=CNc4[nH]ncc43)ccc2n1. The molecule has 4 aromatic rings. The van der Waals surface area contributed by atoms with Crippen molar-refractivity contribution in [1.29, 1.82) is 0 Å². The third-order valence-corrected chi connectivity index (χ3v) is 5.54. The van der Waals surface area contributed by atoms with E-state index in [2.05, 4.69) is 25.5 Å². The number of aromatic nitrogens is 4. The minimum absolute atomic E-state index is 0.0460. The quantitative estimate of drug-likeness (QED) is 0.535. The number of aliphatic imine (C=N–C) groups is 1. The van der Waals surface area contributed by atoms with Crippen LogP contribution in [0.4, 0.5) is 16.0 Å². The highest BCUT2D eigenvalue weighted by atomic mass is 19.1. The largest absolute Gasteiger partial charge is 0.352 e. The number of nitrogens with one attached hydrogen (secondary N) is 2. The Hall–Kier alpha value is -3.81. The molecule has 0 bridgehead atoms. The number of hydrogen-bond donors (Lipinski definition) is 2. The van der Waals surface area contributed by atoms with Gasteiger partial charge in [0.2, 0.25) is 0 Å². The molecule has 1 unspecified atom stereocenters. The van der Waals surface area contributed by atoms with E-state index in [0.717, 1.165) is 39.4 Å². The van der Waals surface area contributed by atoms with Crippen LogP contribution in [0.2, 0.25) is 0 Å². The highest BCUT2D eigenvalue weighted by Gasteiger charge is 2.22. The summed E-state index contributed by atoms with van der Waals surface area (Å²) in [7, 11) is 1.93. The zero-order valence-electron chi connectivity index (χ0n) is 16.5. The molecular formula is C22H20FN7. The molecule has 0 spiro atoms. The normalized spacial score (nSPS) is 16.2. The van der Waals surface area contributed by atoms with Gasteiger partial charge in [0.25, 0.3) is 0 Å². The molecule has 0 radical (unpaired) electrons. The van der Waals surface area contributed by atoms with Crippen LogP contribution in [0, 0.1) is 5.82 Å². The molecule has 3 heterocycles. The maximum atomic E-state index is 13.6. The second kappa shape index (κ2) is 7.22. The van der Waals surface area contributed by atoms with Crippen LogP contribution in [-0.2, 0) is 0 Å². The summed E-state index contributed by atoms with van der Waals surface area (Å²) in [6.07, 6.45) is 5.20. The van der Waals surface area contributed by atoms with E-state index in [4.69, 9.17) is 4.98 Å². The highest BCUT2D eigenvalue weighted by Crippen LogP contribution is 2.33. The topological polar surface area (TPSA) is 82.1 Å². The maximum Gasteiger partial charge on any atom is 0.148 e. The molecule has 0 fully saturated rings. The number of hydrogen-bond acceptors (Lipinski definition) is 6. The molecule has 0 amide bonds. The molecule has 2 aromatic carbocycles. The van der Waals surface area contributed by atoms with Crippen LogP contribution in [0.5, 0.6) is 0 Å². The summed E-state index contributed by atoms with van der Waals surface area (Å²) in [4.78, 5) is 15.9. The third kappa shape index (κ3) is 3.16. The summed E-state index contributed by atoms with van der Waals surface area (Å²) < 4.78 is 13.6. The number of anilines is 2. The van der Waals surface area contributed by atoms with Crippen molar-refractivity contribution < 1.29 is 4.39 Å². The summed E-state index contributed by atoms with van der Waals surface area (Å²) in [6.45, 7) is 2.02. The zero-order chi connectivity index (χ0) is 20.7. The Bertz CT molecular complexity index is 1250. The molecule has 30 heavy (non-hydrogen) atoms. The summed E-state index contributed by atoms with van der Waals surface area (Å²) in [5, 5.41) is 10.1. The van der Waals surface area contributed by atoms with Gasteiger partial charge in [0, 0.05) is 12.6 Å². The van der Waals surface area contributed by atoms with Gasteiger partial charge >= 0.3 is 0 Å². The van der Waals surface area contributed by atoms with Gasteiger partial charge in [-0.3, -0.25) is 15.1 Å². The Morgan fingerprint density at radius 1 is 1.10 bits per heavy atom. The molecule has 7 nitrogen and oxygen atoms in total. The Morgan fingerprint density at radius 2 is 2.00 bits per heavy atom. The molecule has 2 N–H and O–H groups in total. The van der Waals surface area contributed by atoms with Gasteiger partial charge in [-0.2, -0.15) is 5.10 Å². The van der Waals surface area contributed by atoms with Crippen molar-refractivity contribution in [3.63, 3.8) is 0 Å². The smallest absolute Gasteiger partial charge is 0.148 e. The van der Waals surface area contributed by atoms with Gasteiger partial charge < -0.3 is 10.2 Å². The van der Waals surface area contributed by atoms with Gasteiger partial charge in [0.05, 0.1) is 35.8 Å². The standard InChI is InChI=1S/C22H20FN7/c1-13(14-4-3-5-16(23)8-14)30(2)20-11-24-19-9-15(6-7-18(19)28-20)21-17-10-27-29-22(17)26-12-25-21/h3-13,21H,1-2H3,(H2,25,26,27,29)/t13-,21?/m1/s1. The van der Waals surface area contributed by atoms with Crippen molar-refractivity contribution in [1.82, 2.24) is 20.2 Å². The monoisotopic (exact) mass is 401 g/mol. The van der Waals surface area contributed by atoms with E-state index in [1.165, 1.54) is 6.07 Å². The van der Waals surface area contributed by atoms with Crippen LogP contribution in [0.1, 0.15) is 35.7 Å². The van der Waals surface area contributed by atoms with E-state index >= 15 is 0 Å². The number of H-pyrrole nitrogens is 1. The lowest BCUT2D eigenvalue weighted by Crippen LogP contribution is -2.23. The number of halogens is 1. The van der Waals surface area contributed by atoms with Gasteiger partial charge in [-0.1, -0.05) is 18.2 Å². The average molecular weight is 401 g/mol. The van der Waals surface area contributed by atoms with Crippen LogP contribution in [0.25, 0.3) is 11.0 Å². The van der Waals surface area contributed by atoms with E-state index < -0.39 is 0 Å². The summed E-state index contributed by atoms with van der Waals surface area (Å²) >= 11 is 0. The van der Waals surface area contributed by atoms with Gasteiger partial charge in [0.15, 0.2) is 0 Å². The lowest BCUT2D eigenvalue weighted by molar-refractivity contribution is 0.620. The molecule has 1 aliphatic heterocycles. The average Bonchev–Trinajstić information content (AvgIpc) is 3.26. The first kappa shape index (κ1) is 18.2. The van der Waals surface area contributed by atoms with Crippen LogP contribution >= 0.6 is 0 Å². The van der Waals surface area contributed by atoms with Gasteiger partial charge in [-0.05, 0) is 42.3 Å². The van der Waals surface area contributed by atoms with E-state index in [-0.39, 0.29) is 17.9 Å². The predicted octanol–water partition coefficient (Wildman–Crippen LogP) is 4.23. The molecule has 0 saturated heterocycles. The Labute approximate surface area is 172 Å². The molecule has 8 heteroatoms. The first-order valence-electron chi connectivity index (χ1n) is 9.66. The maximum absolute atomic E-state index is 13.6. The molecule has 2 aromatic heterocycles. The van der Waals surface area contributed by atoms with Crippen molar-refractivity contribution in [2.24, 2.45) is 4.99 Å². The van der Waals surface area contributed by atoms with Crippen molar-refractivity contribution >= 4 is 29.0 Å². The number of fused-ring (bicyclic) bond motifs is 2. The molecular weight excluding hydrogens is 381 g/mol. The molecule has 1 aliphatic rings. The first-order chi connectivity index (χ1) is 14.6. The fourth-order valence-electron chi connectivity index (χ4n) is 3.69. The van der Waals surface area contributed by atoms with Gasteiger partial charge in [-0.15, -0.1) is 0 Å². The number of benzene rings is 2. The fourth-order valence-corrected chi connectivity index (χ4v) is 3.69. The van der Waals surface area contributed by atoms with Crippen molar-refractivity contribution in [2.75, 3.05) is 17.3 Å². The number of nitrogens with zero attached hydrogens (tertiary/aromatic N) is 5. The Kier molecular flexibility index (Phi) is 4.39. The van der Waals surface area contributed by atoms with E-state index in [9.17, 15) is 4.39 Å². The van der Waals surface area contributed by atoms with Crippen molar-refractivity contribution in [2.45, 2.75) is 19.0 Å². The van der Waals surface area contributed by atoms with Crippen molar-refractivity contribution in [3.05, 3.63) is 77.4 Å². The molecule has 150 valence electrons. The zero-order valence-corrected chi connectivity index (χ0v) is 16.5. The summed E-state index contributed by atoms with van der Waals surface area (Å²) in [5.41, 5.74) is 4.48. The second-order valence-corrected chi connectivity index (χ2v) is 7.34. The Balaban J connectivity index is 1.45. The highest BCUT2D eigenvalue weighted by molar-refractivity contribution is 5.80. The molecule has 5 rings (SSSR count). The van der Waals surface area contributed by atoms with Gasteiger partial charge in [0.1, 0.15) is 23.5 Å². The molecule has 0 aliphatic carbocycles. The predicted molar refractivity (Wildman–Crippen MR) is 115 cm³/mol. The third-order valence-electron chi connectivity index (χ3n) is 5.54. The lowest BCUT2D eigenvalue weighted by atomic mass is 10.00. The fraction of sp³-hybridized carbons (Fsp3) is 0.182. The second-order valence-electron chi connectivity index (χ2n) is 7.34. The number of aromatic amines is 1.